The molecule has 2 atom stereocenters. The SMILES string of the molecule is CC1(C)C[C@H](N)C[C@](C)(CNC(=O)O)C1. The third-order valence-electron chi connectivity index (χ3n) is 3.14. The second-order valence-electron chi connectivity index (χ2n) is 5.98. The van der Waals surface area contributed by atoms with E-state index in [2.05, 4.69) is 26.1 Å². The fraction of sp³-hybridized carbons (Fsp3) is 0.909. The van der Waals surface area contributed by atoms with E-state index in [-0.39, 0.29) is 16.9 Å². The number of rotatable bonds is 2. The Morgan fingerprint density at radius 2 is 2.07 bits per heavy atom. The van der Waals surface area contributed by atoms with Crippen molar-refractivity contribution >= 4 is 6.09 Å². The predicted octanol–water partition coefficient (Wildman–Crippen LogP) is 1.80. The summed E-state index contributed by atoms with van der Waals surface area (Å²) in [4.78, 5) is 10.5. The maximum Gasteiger partial charge on any atom is 0.404 e. The molecule has 1 fully saturated rings. The lowest BCUT2D eigenvalue weighted by atomic mass is 9.63. The van der Waals surface area contributed by atoms with Gasteiger partial charge in [0.25, 0.3) is 0 Å². The zero-order chi connectivity index (χ0) is 11.7. The molecule has 0 spiro atoms. The van der Waals surface area contributed by atoms with Gasteiger partial charge in [-0.3, -0.25) is 0 Å². The van der Waals surface area contributed by atoms with Crippen LogP contribution in [0.25, 0.3) is 0 Å². The summed E-state index contributed by atoms with van der Waals surface area (Å²) in [5.41, 5.74) is 6.23. The zero-order valence-corrected chi connectivity index (χ0v) is 9.84. The van der Waals surface area contributed by atoms with Crippen molar-refractivity contribution < 1.29 is 9.90 Å². The number of carbonyl (C=O) groups is 1. The second-order valence-corrected chi connectivity index (χ2v) is 5.98. The lowest BCUT2D eigenvalue weighted by molar-refractivity contribution is 0.0816. The van der Waals surface area contributed by atoms with E-state index in [9.17, 15) is 4.79 Å². The Morgan fingerprint density at radius 1 is 1.47 bits per heavy atom. The van der Waals surface area contributed by atoms with Crippen molar-refractivity contribution in [3.8, 4) is 0 Å². The minimum atomic E-state index is -0.951. The quantitative estimate of drug-likeness (QED) is 0.656. The second kappa shape index (κ2) is 4.00. The van der Waals surface area contributed by atoms with Crippen LogP contribution >= 0.6 is 0 Å². The third-order valence-corrected chi connectivity index (χ3v) is 3.14. The fourth-order valence-corrected chi connectivity index (χ4v) is 3.14. The first-order valence-electron chi connectivity index (χ1n) is 5.45. The van der Waals surface area contributed by atoms with E-state index in [4.69, 9.17) is 10.8 Å². The Bertz CT molecular complexity index is 253. The lowest BCUT2D eigenvalue weighted by Crippen LogP contribution is -2.47. The summed E-state index contributed by atoms with van der Waals surface area (Å²) < 4.78 is 0. The van der Waals surface area contributed by atoms with Crippen molar-refractivity contribution in [2.24, 2.45) is 16.6 Å². The molecule has 15 heavy (non-hydrogen) atoms. The van der Waals surface area contributed by atoms with Gasteiger partial charge in [0.15, 0.2) is 0 Å². The number of nitrogens with one attached hydrogen (secondary N) is 1. The maximum atomic E-state index is 10.5. The van der Waals surface area contributed by atoms with E-state index in [1.54, 1.807) is 0 Å². The molecule has 1 aliphatic rings. The first-order chi connectivity index (χ1) is 6.72. The summed E-state index contributed by atoms with van der Waals surface area (Å²) in [7, 11) is 0. The molecule has 0 unspecified atom stereocenters. The van der Waals surface area contributed by atoms with Gasteiger partial charge < -0.3 is 16.2 Å². The van der Waals surface area contributed by atoms with Crippen LogP contribution in [0, 0.1) is 10.8 Å². The molecule has 0 bridgehead atoms. The Morgan fingerprint density at radius 3 is 2.53 bits per heavy atom. The van der Waals surface area contributed by atoms with Gasteiger partial charge in [0, 0.05) is 12.6 Å². The van der Waals surface area contributed by atoms with Crippen LogP contribution in [0.15, 0.2) is 0 Å². The average molecular weight is 214 g/mol. The highest BCUT2D eigenvalue weighted by Crippen LogP contribution is 2.45. The van der Waals surface area contributed by atoms with Crippen LogP contribution in [-0.4, -0.2) is 23.8 Å². The summed E-state index contributed by atoms with van der Waals surface area (Å²) in [5, 5.41) is 11.1. The summed E-state index contributed by atoms with van der Waals surface area (Å²) in [6.07, 6.45) is 1.99. The molecular formula is C11H22N2O2. The Hall–Kier alpha value is -0.770. The van der Waals surface area contributed by atoms with Crippen LogP contribution in [0.5, 0.6) is 0 Å². The summed E-state index contributed by atoms with van der Waals surface area (Å²) >= 11 is 0. The number of hydrogen-bond acceptors (Lipinski definition) is 2. The maximum absolute atomic E-state index is 10.5. The molecule has 0 radical (unpaired) electrons. The largest absolute Gasteiger partial charge is 0.465 e. The molecule has 1 aliphatic carbocycles. The highest BCUT2D eigenvalue weighted by molar-refractivity contribution is 5.64. The van der Waals surface area contributed by atoms with E-state index >= 15 is 0 Å². The molecule has 4 nitrogen and oxygen atoms in total. The minimum absolute atomic E-state index is 0.000440. The summed E-state index contributed by atoms with van der Waals surface area (Å²) in [6.45, 7) is 7.01. The predicted molar refractivity (Wildman–Crippen MR) is 59.7 cm³/mol. The van der Waals surface area contributed by atoms with E-state index in [0.29, 0.717) is 6.54 Å². The average Bonchev–Trinajstić information content (AvgIpc) is 1.96. The van der Waals surface area contributed by atoms with E-state index in [1.165, 1.54) is 0 Å². The topological polar surface area (TPSA) is 75.3 Å². The molecule has 0 aromatic heterocycles. The summed E-state index contributed by atoms with van der Waals surface area (Å²) in [6, 6.07) is 0.189. The number of hydrogen-bond donors (Lipinski definition) is 3. The van der Waals surface area contributed by atoms with Crippen molar-refractivity contribution in [3.63, 3.8) is 0 Å². The molecule has 1 saturated carbocycles. The van der Waals surface area contributed by atoms with Gasteiger partial charge in [0.05, 0.1) is 0 Å². The van der Waals surface area contributed by atoms with Gasteiger partial charge in [-0.15, -0.1) is 0 Å². The van der Waals surface area contributed by atoms with E-state index < -0.39 is 6.09 Å². The molecule has 88 valence electrons. The van der Waals surface area contributed by atoms with Gasteiger partial charge in [0.1, 0.15) is 0 Å². The first kappa shape index (κ1) is 12.3. The van der Waals surface area contributed by atoms with Crippen molar-refractivity contribution in [1.29, 1.82) is 0 Å². The normalized spacial score (nSPS) is 34.8. The monoisotopic (exact) mass is 214 g/mol. The van der Waals surface area contributed by atoms with Gasteiger partial charge in [-0.25, -0.2) is 4.79 Å². The standard InChI is InChI=1S/C11H22N2O2/c1-10(2)4-8(12)5-11(3,6-10)7-13-9(14)15/h8,13H,4-7,12H2,1-3H3,(H,14,15)/t8-,11-/m0/s1. The molecule has 1 rings (SSSR count). The summed E-state index contributed by atoms with van der Waals surface area (Å²) in [5.74, 6) is 0. The van der Waals surface area contributed by atoms with Gasteiger partial charge in [0.2, 0.25) is 0 Å². The molecule has 0 saturated heterocycles. The highest BCUT2D eigenvalue weighted by atomic mass is 16.4. The van der Waals surface area contributed by atoms with Crippen molar-refractivity contribution in [2.75, 3.05) is 6.54 Å². The Kier molecular flexibility index (Phi) is 3.28. The molecule has 4 heteroatoms. The lowest BCUT2D eigenvalue weighted by Gasteiger charge is -2.45. The molecule has 0 aliphatic heterocycles. The van der Waals surface area contributed by atoms with Crippen molar-refractivity contribution in [1.82, 2.24) is 5.32 Å². The van der Waals surface area contributed by atoms with E-state index in [0.717, 1.165) is 19.3 Å². The van der Waals surface area contributed by atoms with Crippen molar-refractivity contribution in [3.05, 3.63) is 0 Å². The van der Waals surface area contributed by atoms with Crippen LogP contribution in [0.4, 0.5) is 4.79 Å². The molecule has 1 amide bonds. The van der Waals surface area contributed by atoms with Crippen LogP contribution < -0.4 is 11.1 Å². The molecule has 0 aromatic rings. The van der Waals surface area contributed by atoms with Gasteiger partial charge in [-0.05, 0) is 30.1 Å². The van der Waals surface area contributed by atoms with Crippen molar-refractivity contribution in [2.45, 2.75) is 46.1 Å². The Labute approximate surface area is 91.2 Å². The zero-order valence-electron chi connectivity index (χ0n) is 9.84. The fourth-order valence-electron chi connectivity index (χ4n) is 3.14. The Balaban J connectivity index is 2.62. The first-order valence-corrected chi connectivity index (χ1v) is 5.45. The molecule has 0 heterocycles. The van der Waals surface area contributed by atoms with Crippen LogP contribution in [0.2, 0.25) is 0 Å². The number of carboxylic acid groups (broad SMARTS) is 1. The van der Waals surface area contributed by atoms with Crippen LogP contribution in [0.3, 0.4) is 0 Å². The van der Waals surface area contributed by atoms with E-state index in [1.807, 2.05) is 0 Å². The van der Waals surface area contributed by atoms with Gasteiger partial charge in [-0.1, -0.05) is 20.8 Å². The third kappa shape index (κ3) is 3.70. The molecule has 4 N–H and O–H groups in total. The van der Waals surface area contributed by atoms with Crippen LogP contribution in [0.1, 0.15) is 40.0 Å². The molecule has 0 aromatic carbocycles. The van der Waals surface area contributed by atoms with Gasteiger partial charge >= 0.3 is 6.09 Å². The number of nitrogens with two attached hydrogens (primary N) is 1. The molecular weight excluding hydrogens is 192 g/mol. The minimum Gasteiger partial charge on any atom is -0.465 e. The number of amides is 1. The van der Waals surface area contributed by atoms with Crippen LogP contribution in [-0.2, 0) is 0 Å². The van der Waals surface area contributed by atoms with Gasteiger partial charge in [-0.2, -0.15) is 0 Å². The highest BCUT2D eigenvalue weighted by Gasteiger charge is 2.40. The smallest absolute Gasteiger partial charge is 0.404 e.